The summed E-state index contributed by atoms with van der Waals surface area (Å²) in [4.78, 5) is 23.1. The predicted octanol–water partition coefficient (Wildman–Crippen LogP) is 5.69. The first-order chi connectivity index (χ1) is 16.3. The van der Waals surface area contributed by atoms with Gasteiger partial charge >= 0.3 is 0 Å². The number of anilines is 1. The molecule has 1 aromatic rings. The lowest BCUT2D eigenvalue weighted by Crippen LogP contribution is -2.49. The molecule has 0 spiro atoms. The van der Waals surface area contributed by atoms with Gasteiger partial charge in [0.15, 0.2) is 5.76 Å². The summed E-state index contributed by atoms with van der Waals surface area (Å²) >= 11 is 0. The van der Waals surface area contributed by atoms with Crippen molar-refractivity contribution in [2.75, 3.05) is 24.5 Å². The largest absolute Gasteiger partial charge is 0.426 e. The number of ether oxygens (including phenoxy) is 1. The number of carbonyl (C=O) groups is 1. The van der Waals surface area contributed by atoms with E-state index in [0.29, 0.717) is 24.0 Å². The van der Waals surface area contributed by atoms with Crippen LogP contribution >= 0.6 is 0 Å². The molecule has 6 nitrogen and oxygen atoms in total. The summed E-state index contributed by atoms with van der Waals surface area (Å²) in [5.41, 5.74) is 5.68. The topological polar surface area (TPSA) is 66.3 Å². The molecule has 2 atom stereocenters. The number of hydrogen-bond acceptors (Lipinski definition) is 6. The number of nitrogens with zero attached hydrogens (tertiary/aromatic N) is 3. The maximum atomic E-state index is 11.3. The highest BCUT2D eigenvalue weighted by atomic mass is 16.5. The fourth-order valence-electron chi connectivity index (χ4n) is 3.67. The Morgan fingerprint density at radius 2 is 2.09 bits per heavy atom. The molecule has 1 aromatic carbocycles. The summed E-state index contributed by atoms with van der Waals surface area (Å²) < 4.78 is 5.41. The van der Waals surface area contributed by atoms with Crippen LogP contribution in [0.15, 0.2) is 57.5 Å². The number of piperazine rings is 1. The Morgan fingerprint density at radius 1 is 1.32 bits per heavy atom. The molecule has 1 heterocycles. The number of hydrogen-bond donors (Lipinski definition) is 1. The summed E-state index contributed by atoms with van der Waals surface area (Å²) in [7, 11) is 0. The average molecular weight is 465 g/mol. The van der Waals surface area contributed by atoms with Crippen LogP contribution in [-0.2, 0) is 9.53 Å². The van der Waals surface area contributed by atoms with Crippen LogP contribution in [0.3, 0.4) is 0 Å². The van der Waals surface area contributed by atoms with E-state index >= 15 is 0 Å². The monoisotopic (exact) mass is 464 g/mol. The van der Waals surface area contributed by atoms with Gasteiger partial charge in [-0.15, -0.1) is 0 Å². The minimum absolute atomic E-state index is 0.211. The highest BCUT2D eigenvalue weighted by Crippen LogP contribution is 2.25. The maximum absolute atomic E-state index is 11.3. The second-order valence-electron chi connectivity index (χ2n) is 8.77. The summed E-state index contributed by atoms with van der Waals surface area (Å²) in [6, 6.07) is 6.87. The summed E-state index contributed by atoms with van der Waals surface area (Å²) in [5, 5.41) is 3.48. The van der Waals surface area contributed by atoms with Crippen molar-refractivity contribution in [2.24, 2.45) is 15.9 Å². The third-order valence-electron chi connectivity index (χ3n) is 6.16. The van der Waals surface area contributed by atoms with Crippen molar-refractivity contribution >= 4 is 30.2 Å². The number of rotatable bonds is 10. The molecule has 1 fully saturated rings. The molecule has 0 amide bonds. The first-order valence-electron chi connectivity index (χ1n) is 12.2. The minimum Gasteiger partial charge on any atom is -0.426 e. The van der Waals surface area contributed by atoms with Gasteiger partial charge in [-0.05, 0) is 76.3 Å². The zero-order valence-electron chi connectivity index (χ0n) is 21.8. The molecule has 1 aliphatic heterocycles. The molecule has 1 saturated heterocycles. The molecular weight excluding hydrogens is 424 g/mol. The summed E-state index contributed by atoms with van der Waals surface area (Å²) in [6.07, 6.45) is 8.43. The lowest BCUT2D eigenvalue weighted by molar-refractivity contribution is -0.124. The minimum atomic E-state index is 0.211. The molecule has 0 aliphatic carbocycles. The van der Waals surface area contributed by atoms with Crippen LogP contribution in [0.2, 0.25) is 0 Å². The van der Waals surface area contributed by atoms with E-state index in [0.717, 1.165) is 48.6 Å². The Labute approximate surface area is 205 Å². The molecule has 0 aromatic heterocycles. The van der Waals surface area contributed by atoms with E-state index in [4.69, 9.17) is 9.73 Å². The van der Waals surface area contributed by atoms with E-state index < -0.39 is 0 Å². The number of nitrogens with one attached hydrogen (secondary N) is 1. The van der Waals surface area contributed by atoms with Crippen molar-refractivity contribution in [3.63, 3.8) is 0 Å². The zero-order valence-corrected chi connectivity index (χ0v) is 21.8. The van der Waals surface area contributed by atoms with Crippen molar-refractivity contribution < 1.29 is 9.53 Å². The van der Waals surface area contributed by atoms with Crippen molar-refractivity contribution in [3.05, 3.63) is 58.6 Å². The lowest BCUT2D eigenvalue weighted by Gasteiger charge is -2.34. The van der Waals surface area contributed by atoms with Crippen molar-refractivity contribution in [3.8, 4) is 0 Å². The third-order valence-corrected chi connectivity index (χ3v) is 6.16. The molecule has 6 heteroatoms. The molecule has 1 unspecified atom stereocenters. The highest BCUT2D eigenvalue weighted by molar-refractivity contribution is 6.32. The summed E-state index contributed by atoms with van der Waals surface area (Å²) in [5.74, 6) is 0.629. The van der Waals surface area contributed by atoms with Gasteiger partial charge in [-0.25, -0.2) is 4.99 Å². The highest BCUT2D eigenvalue weighted by Gasteiger charge is 2.17. The van der Waals surface area contributed by atoms with E-state index in [1.165, 1.54) is 5.69 Å². The average Bonchev–Trinajstić information content (AvgIpc) is 2.84. The second kappa shape index (κ2) is 13.7. The molecule has 0 radical (unpaired) electrons. The molecular formula is C28H40N4O2. The van der Waals surface area contributed by atoms with Gasteiger partial charge in [0, 0.05) is 43.3 Å². The molecule has 0 bridgehead atoms. The smallest absolute Gasteiger partial charge is 0.298 e. The molecule has 184 valence electrons. The number of benzene rings is 1. The van der Waals surface area contributed by atoms with Gasteiger partial charge in [-0.3, -0.25) is 9.79 Å². The summed E-state index contributed by atoms with van der Waals surface area (Å²) in [6.45, 7) is 17.7. The normalized spacial score (nSPS) is 19.5. The van der Waals surface area contributed by atoms with Crippen LogP contribution in [0.5, 0.6) is 0 Å². The Balaban J connectivity index is 2.42. The van der Waals surface area contributed by atoms with Crippen LogP contribution in [0.1, 0.15) is 59.1 Å². The Kier molecular flexibility index (Phi) is 10.9. The third kappa shape index (κ3) is 7.80. The second-order valence-corrected chi connectivity index (χ2v) is 8.77. The number of aryl methyl sites for hydroxylation is 1. The van der Waals surface area contributed by atoms with E-state index in [9.17, 15) is 4.79 Å². The number of allylic oxidation sites excluding steroid dienone is 3. The van der Waals surface area contributed by atoms with Crippen LogP contribution in [0, 0.1) is 12.8 Å². The van der Waals surface area contributed by atoms with Crippen molar-refractivity contribution in [2.45, 2.75) is 60.9 Å². The van der Waals surface area contributed by atoms with Crippen LogP contribution in [0.25, 0.3) is 6.08 Å². The van der Waals surface area contributed by atoms with E-state index in [1.54, 1.807) is 6.21 Å². The van der Waals surface area contributed by atoms with Crippen molar-refractivity contribution in [1.82, 2.24) is 5.32 Å². The molecule has 1 N–H and O–H groups in total. The van der Waals surface area contributed by atoms with Gasteiger partial charge in [0.05, 0.1) is 5.71 Å². The lowest BCUT2D eigenvalue weighted by atomic mass is 10.0. The first-order valence-corrected chi connectivity index (χ1v) is 12.2. The van der Waals surface area contributed by atoms with E-state index in [1.807, 2.05) is 39.0 Å². The maximum Gasteiger partial charge on any atom is 0.298 e. The number of carbonyl (C=O) groups excluding carboxylic acids is 1. The fraction of sp³-hybridized carbons (Fsp3) is 0.464. The quantitative estimate of drug-likeness (QED) is 0.209. The Bertz CT molecular complexity index is 988. The Hall–Kier alpha value is -2.99. The van der Waals surface area contributed by atoms with Gasteiger partial charge < -0.3 is 15.0 Å². The van der Waals surface area contributed by atoms with Gasteiger partial charge in [0.25, 0.3) is 6.47 Å². The molecule has 0 saturated carbocycles. The Morgan fingerprint density at radius 3 is 2.68 bits per heavy atom. The predicted molar refractivity (Wildman–Crippen MR) is 145 cm³/mol. The van der Waals surface area contributed by atoms with Crippen LogP contribution in [-0.4, -0.2) is 44.1 Å². The van der Waals surface area contributed by atoms with Gasteiger partial charge in [-0.1, -0.05) is 32.1 Å². The standard InChI is InChI=1S/C28H40N4O2/c1-8-20(4)27(17-30-22(6)9-2)31-26(10-3)28(34-19-33)16-24-11-12-25(15-21(24)5)32-14-13-29-23(7)18-32/h9-12,15-17,19-20,23,29H,8,13-14,18H2,1-7H3/b22-9-,26-10-,28-16-,30-17?,31-27?/t20?,23-/m0/s1. The molecule has 34 heavy (non-hydrogen) atoms. The number of aliphatic imine (C=N–C) groups is 2. The molecule has 2 rings (SSSR count). The van der Waals surface area contributed by atoms with Crippen LogP contribution < -0.4 is 10.2 Å². The van der Waals surface area contributed by atoms with Crippen LogP contribution in [0.4, 0.5) is 5.69 Å². The molecule has 1 aliphatic rings. The van der Waals surface area contributed by atoms with E-state index in [-0.39, 0.29) is 5.92 Å². The zero-order chi connectivity index (χ0) is 25.1. The van der Waals surface area contributed by atoms with Gasteiger partial charge in [0.1, 0.15) is 5.70 Å². The van der Waals surface area contributed by atoms with Gasteiger partial charge in [-0.2, -0.15) is 0 Å². The van der Waals surface area contributed by atoms with E-state index in [2.05, 4.69) is 61.1 Å². The SMILES string of the molecule is C/C=C(/C)N=CC(=NC(=C\C)/C(=C/c1ccc(N2CCN[C@@H](C)C2)cc1C)OC=O)C(C)CC. The fourth-order valence-corrected chi connectivity index (χ4v) is 3.67. The van der Waals surface area contributed by atoms with Crippen molar-refractivity contribution in [1.29, 1.82) is 0 Å². The first kappa shape index (κ1) is 27.3. The van der Waals surface area contributed by atoms with Gasteiger partial charge in [0.2, 0.25) is 0 Å².